The number of rotatable bonds is 9. The second-order valence-electron chi connectivity index (χ2n) is 7.76. The molecule has 5 heteroatoms. The summed E-state index contributed by atoms with van der Waals surface area (Å²) in [6.07, 6.45) is 1.97. The summed E-state index contributed by atoms with van der Waals surface area (Å²) in [5.74, 6) is 0.893. The fraction of sp³-hybridized carbons (Fsp3) is 0.458. The first-order valence-corrected chi connectivity index (χ1v) is 10.5. The third-order valence-electron chi connectivity index (χ3n) is 4.90. The second kappa shape index (κ2) is 11.0. The van der Waals surface area contributed by atoms with Crippen LogP contribution >= 0.6 is 0 Å². The maximum Gasteiger partial charge on any atom is 0.251 e. The Labute approximate surface area is 174 Å². The summed E-state index contributed by atoms with van der Waals surface area (Å²) in [7, 11) is 0. The minimum absolute atomic E-state index is 0.00859. The molecule has 0 saturated carbocycles. The Morgan fingerprint density at radius 1 is 1.10 bits per heavy atom. The lowest BCUT2D eigenvalue weighted by Gasteiger charge is -2.26. The first-order chi connectivity index (χ1) is 14.1. The third-order valence-corrected chi connectivity index (χ3v) is 4.90. The Balaban J connectivity index is 1.44. The molecule has 156 valence electrons. The summed E-state index contributed by atoms with van der Waals surface area (Å²) >= 11 is 0. The van der Waals surface area contributed by atoms with E-state index in [1.807, 2.05) is 44.2 Å². The van der Waals surface area contributed by atoms with Crippen LogP contribution < -0.4 is 10.1 Å². The van der Waals surface area contributed by atoms with Gasteiger partial charge in [-0.3, -0.25) is 9.69 Å². The molecule has 0 aliphatic carbocycles. The van der Waals surface area contributed by atoms with E-state index < -0.39 is 0 Å². The van der Waals surface area contributed by atoms with E-state index in [0.29, 0.717) is 6.54 Å². The summed E-state index contributed by atoms with van der Waals surface area (Å²) in [6, 6.07) is 16.1. The molecule has 29 heavy (non-hydrogen) atoms. The molecule has 0 bridgehead atoms. The van der Waals surface area contributed by atoms with Crippen LogP contribution in [0.3, 0.4) is 0 Å². The molecule has 1 amide bonds. The highest BCUT2D eigenvalue weighted by Gasteiger charge is 2.12. The van der Waals surface area contributed by atoms with Gasteiger partial charge in [-0.15, -0.1) is 0 Å². The fourth-order valence-electron chi connectivity index (χ4n) is 3.47. The van der Waals surface area contributed by atoms with Gasteiger partial charge in [0.15, 0.2) is 0 Å². The lowest BCUT2D eigenvalue weighted by atomic mass is 10.1. The fourth-order valence-corrected chi connectivity index (χ4v) is 3.47. The van der Waals surface area contributed by atoms with Gasteiger partial charge in [0.2, 0.25) is 0 Å². The number of amides is 1. The quantitative estimate of drug-likeness (QED) is 0.657. The van der Waals surface area contributed by atoms with E-state index in [4.69, 9.17) is 9.47 Å². The Morgan fingerprint density at radius 3 is 2.66 bits per heavy atom. The average Bonchev–Trinajstić information content (AvgIpc) is 2.72. The molecule has 1 aliphatic heterocycles. The van der Waals surface area contributed by atoms with Crippen molar-refractivity contribution in [2.24, 2.45) is 0 Å². The minimum Gasteiger partial charge on any atom is -0.491 e. The SMILES string of the molecule is CC(C)Oc1cccc(CCCNC(=O)c2cccc(CN3CCOCC3)c2)c1. The summed E-state index contributed by atoms with van der Waals surface area (Å²) in [5, 5.41) is 3.04. The molecule has 0 spiro atoms. The highest BCUT2D eigenvalue weighted by atomic mass is 16.5. The zero-order valence-corrected chi connectivity index (χ0v) is 17.5. The van der Waals surface area contributed by atoms with Crippen LogP contribution in [-0.4, -0.2) is 49.8 Å². The average molecular weight is 397 g/mol. The molecule has 1 heterocycles. The van der Waals surface area contributed by atoms with Crippen molar-refractivity contribution in [3.8, 4) is 5.75 Å². The molecule has 1 saturated heterocycles. The van der Waals surface area contributed by atoms with Gasteiger partial charge in [-0.1, -0.05) is 24.3 Å². The van der Waals surface area contributed by atoms with Crippen LogP contribution in [0.2, 0.25) is 0 Å². The van der Waals surface area contributed by atoms with Gasteiger partial charge in [0.25, 0.3) is 5.91 Å². The molecule has 0 radical (unpaired) electrons. The number of nitrogens with one attached hydrogen (secondary N) is 1. The number of carbonyl (C=O) groups is 1. The Hall–Kier alpha value is -2.37. The molecule has 5 nitrogen and oxygen atoms in total. The summed E-state index contributed by atoms with van der Waals surface area (Å²) in [5.41, 5.74) is 3.12. The molecule has 0 atom stereocenters. The van der Waals surface area contributed by atoms with Crippen LogP contribution in [0.5, 0.6) is 5.75 Å². The van der Waals surface area contributed by atoms with Crippen molar-refractivity contribution < 1.29 is 14.3 Å². The number of morpholine rings is 1. The van der Waals surface area contributed by atoms with E-state index >= 15 is 0 Å². The van der Waals surface area contributed by atoms with Crippen LogP contribution in [-0.2, 0) is 17.7 Å². The van der Waals surface area contributed by atoms with Crippen molar-refractivity contribution in [2.45, 2.75) is 39.3 Å². The molecule has 2 aromatic rings. The molecular formula is C24H32N2O3. The molecule has 1 aliphatic rings. The smallest absolute Gasteiger partial charge is 0.251 e. The maximum absolute atomic E-state index is 12.5. The van der Waals surface area contributed by atoms with E-state index in [2.05, 4.69) is 28.4 Å². The van der Waals surface area contributed by atoms with Crippen molar-refractivity contribution in [1.29, 1.82) is 0 Å². The van der Waals surface area contributed by atoms with E-state index in [9.17, 15) is 4.79 Å². The number of hydrogen-bond acceptors (Lipinski definition) is 4. The van der Waals surface area contributed by atoms with E-state index in [1.54, 1.807) is 0 Å². The number of benzene rings is 2. The zero-order valence-electron chi connectivity index (χ0n) is 17.5. The molecule has 0 unspecified atom stereocenters. The van der Waals surface area contributed by atoms with Gasteiger partial charge < -0.3 is 14.8 Å². The summed E-state index contributed by atoms with van der Waals surface area (Å²) < 4.78 is 11.1. The van der Waals surface area contributed by atoms with Gasteiger partial charge in [0, 0.05) is 31.7 Å². The van der Waals surface area contributed by atoms with Crippen LogP contribution in [0.25, 0.3) is 0 Å². The van der Waals surface area contributed by atoms with Crippen molar-refractivity contribution in [3.63, 3.8) is 0 Å². The minimum atomic E-state index is -0.00859. The van der Waals surface area contributed by atoms with Crippen molar-refractivity contribution in [3.05, 3.63) is 65.2 Å². The molecule has 2 aromatic carbocycles. The van der Waals surface area contributed by atoms with Crippen molar-refractivity contribution >= 4 is 5.91 Å². The predicted octanol–water partition coefficient (Wildman–Crippen LogP) is 3.67. The Morgan fingerprint density at radius 2 is 1.86 bits per heavy atom. The zero-order chi connectivity index (χ0) is 20.5. The molecular weight excluding hydrogens is 364 g/mol. The van der Waals surface area contributed by atoms with Gasteiger partial charge >= 0.3 is 0 Å². The maximum atomic E-state index is 12.5. The standard InChI is InChI=1S/C24H32N2O3/c1-19(2)29-23-10-4-6-20(17-23)8-5-11-25-24(27)22-9-3-7-21(16-22)18-26-12-14-28-15-13-26/h3-4,6-7,9-10,16-17,19H,5,8,11-15,18H2,1-2H3,(H,25,27). The number of hydrogen-bond donors (Lipinski definition) is 1. The van der Waals surface area contributed by atoms with E-state index in [0.717, 1.165) is 57.0 Å². The first-order valence-electron chi connectivity index (χ1n) is 10.5. The second-order valence-corrected chi connectivity index (χ2v) is 7.76. The van der Waals surface area contributed by atoms with Crippen molar-refractivity contribution in [2.75, 3.05) is 32.8 Å². The lowest BCUT2D eigenvalue weighted by Crippen LogP contribution is -2.35. The Kier molecular flexibility index (Phi) is 8.08. The van der Waals surface area contributed by atoms with Crippen LogP contribution in [0.1, 0.15) is 41.8 Å². The van der Waals surface area contributed by atoms with Gasteiger partial charge in [-0.2, -0.15) is 0 Å². The predicted molar refractivity (Wildman–Crippen MR) is 115 cm³/mol. The molecule has 0 aromatic heterocycles. The monoisotopic (exact) mass is 396 g/mol. The van der Waals surface area contributed by atoms with Crippen molar-refractivity contribution in [1.82, 2.24) is 10.2 Å². The van der Waals surface area contributed by atoms with Crippen LogP contribution in [0.15, 0.2) is 48.5 Å². The topological polar surface area (TPSA) is 50.8 Å². The summed E-state index contributed by atoms with van der Waals surface area (Å²) in [6.45, 7) is 9.02. The lowest BCUT2D eigenvalue weighted by molar-refractivity contribution is 0.0342. The van der Waals surface area contributed by atoms with Gasteiger partial charge in [0.1, 0.15) is 5.75 Å². The normalized spacial score (nSPS) is 14.7. The highest BCUT2D eigenvalue weighted by molar-refractivity contribution is 5.94. The number of ether oxygens (including phenoxy) is 2. The molecule has 1 N–H and O–H groups in total. The third kappa shape index (κ3) is 7.18. The summed E-state index contributed by atoms with van der Waals surface area (Å²) in [4.78, 5) is 14.9. The van der Waals surface area contributed by atoms with E-state index in [-0.39, 0.29) is 12.0 Å². The largest absolute Gasteiger partial charge is 0.491 e. The number of aryl methyl sites for hydroxylation is 1. The van der Waals surface area contributed by atoms with Crippen LogP contribution in [0.4, 0.5) is 0 Å². The van der Waals surface area contributed by atoms with Gasteiger partial charge in [0.05, 0.1) is 19.3 Å². The number of carbonyl (C=O) groups excluding carboxylic acids is 1. The highest BCUT2D eigenvalue weighted by Crippen LogP contribution is 2.16. The Bertz CT molecular complexity index is 785. The number of nitrogens with zero attached hydrogens (tertiary/aromatic N) is 1. The molecule has 3 rings (SSSR count). The van der Waals surface area contributed by atoms with Gasteiger partial charge in [-0.25, -0.2) is 0 Å². The first kappa shape index (κ1) is 21.3. The van der Waals surface area contributed by atoms with E-state index in [1.165, 1.54) is 11.1 Å². The van der Waals surface area contributed by atoms with Crippen LogP contribution in [0, 0.1) is 0 Å². The van der Waals surface area contributed by atoms with Gasteiger partial charge in [-0.05, 0) is 62.1 Å². The molecule has 1 fully saturated rings.